The first-order chi connectivity index (χ1) is 8.41. The molecular weight excluding hydrogens is 206 g/mol. The zero-order chi connectivity index (χ0) is 11.6. The Kier molecular flexibility index (Phi) is 3.02. The van der Waals surface area contributed by atoms with E-state index in [2.05, 4.69) is 47.8 Å². The molecule has 0 aromatic heterocycles. The maximum absolute atomic E-state index is 3.63. The highest BCUT2D eigenvalue weighted by atomic mass is 14.9. The summed E-state index contributed by atoms with van der Waals surface area (Å²) in [5.41, 5.74) is 2.03. The third-order valence-electron chi connectivity index (χ3n) is 4.55. The molecule has 0 amide bonds. The number of nitrogens with one attached hydrogen (secondary N) is 1. The summed E-state index contributed by atoms with van der Waals surface area (Å²) in [6, 6.07) is 11.1. The lowest BCUT2D eigenvalue weighted by molar-refractivity contribution is 0.246. The Hall–Kier alpha value is -1.08. The van der Waals surface area contributed by atoms with Gasteiger partial charge in [-0.15, -0.1) is 0 Å². The molecular formula is C16H21N. The number of hydrogen-bond donors (Lipinski definition) is 1. The Morgan fingerprint density at radius 3 is 2.41 bits per heavy atom. The lowest BCUT2D eigenvalue weighted by atomic mass is 9.69. The SMILES string of the molecule is C1=CCCC2(CC1)CNCC2c1ccccc1. The minimum absolute atomic E-state index is 0.505. The van der Waals surface area contributed by atoms with Crippen molar-refractivity contribution in [3.8, 4) is 0 Å². The van der Waals surface area contributed by atoms with Gasteiger partial charge >= 0.3 is 0 Å². The van der Waals surface area contributed by atoms with Gasteiger partial charge in [-0.25, -0.2) is 0 Å². The van der Waals surface area contributed by atoms with Gasteiger partial charge < -0.3 is 5.32 Å². The van der Waals surface area contributed by atoms with E-state index in [1.54, 1.807) is 0 Å². The van der Waals surface area contributed by atoms with Gasteiger partial charge in [0.25, 0.3) is 0 Å². The first kappa shape index (κ1) is 11.0. The molecule has 0 saturated carbocycles. The molecule has 0 radical (unpaired) electrons. The lowest BCUT2D eigenvalue weighted by Crippen LogP contribution is -2.28. The van der Waals surface area contributed by atoms with Crippen molar-refractivity contribution in [1.82, 2.24) is 5.32 Å². The molecule has 1 atom stereocenters. The van der Waals surface area contributed by atoms with Gasteiger partial charge in [-0.05, 0) is 36.7 Å². The van der Waals surface area contributed by atoms with Crippen LogP contribution in [0.3, 0.4) is 0 Å². The first-order valence-corrected chi connectivity index (χ1v) is 6.81. The fourth-order valence-corrected chi connectivity index (χ4v) is 3.59. The molecule has 1 aromatic rings. The maximum Gasteiger partial charge on any atom is 0.00323 e. The second-order valence-electron chi connectivity index (χ2n) is 5.51. The predicted molar refractivity (Wildman–Crippen MR) is 72.1 cm³/mol. The van der Waals surface area contributed by atoms with Gasteiger partial charge in [-0.3, -0.25) is 0 Å². The van der Waals surface area contributed by atoms with E-state index in [1.165, 1.54) is 37.8 Å². The summed E-state index contributed by atoms with van der Waals surface area (Å²) >= 11 is 0. The second kappa shape index (κ2) is 4.66. The monoisotopic (exact) mass is 227 g/mol. The minimum atomic E-state index is 0.505. The number of rotatable bonds is 1. The molecule has 1 aliphatic carbocycles. The summed E-state index contributed by atoms with van der Waals surface area (Å²) in [5, 5.41) is 3.63. The largest absolute Gasteiger partial charge is 0.316 e. The minimum Gasteiger partial charge on any atom is -0.316 e. The van der Waals surface area contributed by atoms with Crippen LogP contribution in [0, 0.1) is 5.41 Å². The molecule has 1 aromatic carbocycles. The van der Waals surface area contributed by atoms with Crippen molar-refractivity contribution in [2.24, 2.45) is 5.41 Å². The Morgan fingerprint density at radius 2 is 1.71 bits per heavy atom. The third-order valence-corrected chi connectivity index (χ3v) is 4.55. The highest BCUT2D eigenvalue weighted by Crippen LogP contribution is 2.47. The van der Waals surface area contributed by atoms with E-state index < -0.39 is 0 Å². The van der Waals surface area contributed by atoms with Gasteiger partial charge in [0.1, 0.15) is 0 Å². The smallest absolute Gasteiger partial charge is 0.00323 e. The van der Waals surface area contributed by atoms with Crippen LogP contribution in [0.15, 0.2) is 42.5 Å². The molecule has 1 aliphatic heterocycles. The van der Waals surface area contributed by atoms with Crippen LogP contribution in [0.1, 0.15) is 37.2 Å². The Morgan fingerprint density at radius 1 is 1.00 bits per heavy atom. The van der Waals surface area contributed by atoms with E-state index in [1.807, 2.05) is 0 Å². The van der Waals surface area contributed by atoms with Crippen molar-refractivity contribution in [1.29, 1.82) is 0 Å². The zero-order valence-corrected chi connectivity index (χ0v) is 10.4. The Bertz CT molecular complexity index is 383. The van der Waals surface area contributed by atoms with Crippen LogP contribution in [0.2, 0.25) is 0 Å². The number of allylic oxidation sites excluding steroid dienone is 2. The molecule has 1 saturated heterocycles. The molecule has 1 heterocycles. The predicted octanol–water partition coefficient (Wildman–Crippen LogP) is 3.49. The van der Waals surface area contributed by atoms with Gasteiger partial charge in [0.2, 0.25) is 0 Å². The lowest BCUT2D eigenvalue weighted by Gasteiger charge is -2.34. The van der Waals surface area contributed by atoms with Gasteiger partial charge in [0.05, 0.1) is 0 Å². The molecule has 2 aliphatic rings. The molecule has 90 valence electrons. The van der Waals surface area contributed by atoms with Gasteiger partial charge in [0, 0.05) is 19.0 Å². The summed E-state index contributed by atoms with van der Waals surface area (Å²) < 4.78 is 0. The van der Waals surface area contributed by atoms with Crippen LogP contribution in [0.5, 0.6) is 0 Å². The van der Waals surface area contributed by atoms with Crippen LogP contribution in [0.4, 0.5) is 0 Å². The van der Waals surface area contributed by atoms with E-state index in [9.17, 15) is 0 Å². The second-order valence-corrected chi connectivity index (χ2v) is 5.51. The van der Waals surface area contributed by atoms with Crippen LogP contribution in [-0.4, -0.2) is 13.1 Å². The van der Waals surface area contributed by atoms with Gasteiger partial charge in [-0.2, -0.15) is 0 Å². The summed E-state index contributed by atoms with van der Waals surface area (Å²) in [5.74, 6) is 0.712. The van der Waals surface area contributed by atoms with Crippen molar-refractivity contribution >= 4 is 0 Å². The molecule has 17 heavy (non-hydrogen) atoms. The highest BCUT2D eigenvalue weighted by Gasteiger charge is 2.42. The standard InChI is InChI=1S/C16H21N/c1-2-7-11-16(10-6-1)13-17-12-15(16)14-8-4-3-5-9-14/h1-5,8-9,15,17H,6-7,10-13H2. The molecule has 3 rings (SSSR count). The summed E-state index contributed by atoms with van der Waals surface area (Å²) in [4.78, 5) is 0. The molecule has 1 heteroatoms. The average Bonchev–Trinajstić information content (AvgIpc) is 2.63. The Labute approximate surface area is 104 Å². The quantitative estimate of drug-likeness (QED) is 0.724. The van der Waals surface area contributed by atoms with Crippen molar-refractivity contribution < 1.29 is 0 Å². The summed E-state index contributed by atoms with van der Waals surface area (Å²) in [7, 11) is 0. The number of benzene rings is 1. The average molecular weight is 227 g/mol. The molecule has 1 unspecified atom stereocenters. The van der Waals surface area contributed by atoms with Crippen molar-refractivity contribution in [3.05, 3.63) is 48.0 Å². The van der Waals surface area contributed by atoms with Gasteiger partial charge in [0.15, 0.2) is 0 Å². The zero-order valence-electron chi connectivity index (χ0n) is 10.4. The fourth-order valence-electron chi connectivity index (χ4n) is 3.59. The molecule has 1 fully saturated rings. The van der Waals surface area contributed by atoms with E-state index in [0.717, 1.165) is 6.54 Å². The van der Waals surface area contributed by atoms with Crippen LogP contribution in [-0.2, 0) is 0 Å². The summed E-state index contributed by atoms with van der Waals surface area (Å²) in [6.45, 7) is 2.36. The number of hydrogen-bond acceptors (Lipinski definition) is 1. The molecule has 1 nitrogen and oxygen atoms in total. The van der Waals surface area contributed by atoms with Gasteiger partial charge in [-0.1, -0.05) is 42.5 Å². The molecule has 1 spiro atoms. The fraction of sp³-hybridized carbons (Fsp3) is 0.500. The maximum atomic E-state index is 3.63. The first-order valence-electron chi connectivity index (χ1n) is 6.81. The topological polar surface area (TPSA) is 12.0 Å². The van der Waals surface area contributed by atoms with E-state index in [0.29, 0.717) is 11.3 Å². The van der Waals surface area contributed by atoms with Crippen LogP contribution >= 0.6 is 0 Å². The van der Waals surface area contributed by atoms with Crippen LogP contribution in [0.25, 0.3) is 0 Å². The molecule has 0 bridgehead atoms. The van der Waals surface area contributed by atoms with E-state index in [-0.39, 0.29) is 0 Å². The summed E-state index contributed by atoms with van der Waals surface area (Å²) in [6.07, 6.45) is 9.94. The van der Waals surface area contributed by atoms with Crippen molar-refractivity contribution in [2.75, 3.05) is 13.1 Å². The van der Waals surface area contributed by atoms with Crippen molar-refractivity contribution in [2.45, 2.75) is 31.6 Å². The Balaban J connectivity index is 1.89. The van der Waals surface area contributed by atoms with E-state index in [4.69, 9.17) is 0 Å². The normalized spacial score (nSPS) is 27.2. The van der Waals surface area contributed by atoms with Crippen LogP contribution < -0.4 is 5.32 Å². The highest BCUT2D eigenvalue weighted by molar-refractivity contribution is 5.25. The van der Waals surface area contributed by atoms with Crippen molar-refractivity contribution in [3.63, 3.8) is 0 Å². The molecule has 1 N–H and O–H groups in total. The third kappa shape index (κ3) is 2.04. The van der Waals surface area contributed by atoms with E-state index >= 15 is 0 Å².